The topological polar surface area (TPSA) is 97.6 Å². The van der Waals surface area contributed by atoms with Gasteiger partial charge in [-0.25, -0.2) is 18.3 Å². The number of hydrogen-bond donors (Lipinski definition) is 2. The molecule has 10 heteroatoms. The number of ketones is 1. The standard InChI is InChI=1S/C30H31F2N5O3/c1-4-30(31,32)13-14-33-25-16-24(27(38)19-5-10-22(40-3)11-6-19)36-37-26(17-34-28(25)37)20-7-12-23(18(2)15-20)29(39)35-21-8-9-21/h5-7,10-12,15-17,21,33H,4,8-9,13-14H2,1-3H3,(H,35,39). The van der Waals surface area contributed by atoms with E-state index in [9.17, 15) is 18.4 Å². The number of ether oxygens (including phenoxy) is 1. The van der Waals surface area contributed by atoms with E-state index in [1.807, 2.05) is 19.1 Å². The number of amides is 1. The van der Waals surface area contributed by atoms with Gasteiger partial charge in [0.1, 0.15) is 11.4 Å². The van der Waals surface area contributed by atoms with Crippen molar-refractivity contribution in [2.45, 2.75) is 51.5 Å². The summed E-state index contributed by atoms with van der Waals surface area (Å²) in [6.45, 7) is 3.30. The molecule has 0 unspecified atom stereocenters. The van der Waals surface area contributed by atoms with Gasteiger partial charge in [0.05, 0.1) is 24.7 Å². The van der Waals surface area contributed by atoms with E-state index in [-0.39, 0.29) is 42.8 Å². The second kappa shape index (κ2) is 11.0. The number of anilines is 1. The quantitative estimate of drug-likeness (QED) is 0.234. The van der Waals surface area contributed by atoms with Gasteiger partial charge in [-0.15, -0.1) is 0 Å². The molecule has 2 aromatic heterocycles. The van der Waals surface area contributed by atoms with Gasteiger partial charge in [-0.05, 0) is 67.8 Å². The predicted octanol–water partition coefficient (Wildman–Crippen LogP) is 5.68. The normalized spacial score (nSPS) is 13.3. The predicted molar refractivity (Wildman–Crippen MR) is 148 cm³/mol. The first-order chi connectivity index (χ1) is 19.2. The smallest absolute Gasteiger partial charge is 0.251 e. The first-order valence-electron chi connectivity index (χ1n) is 13.3. The van der Waals surface area contributed by atoms with E-state index in [0.717, 1.165) is 24.0 Å². The van der Waals surface area contributed by atoms with E-state index in [1.54, 1.807) is 49.7 Å². The molecule has 0 atom stereocenters. The van der Waals surface area contributed by atoms with Crippen LogP contribution < -0.4 is 15.4 Å². The fourth-order valence-corrected chi connectivity index (χ4v) is 4.42. The number of aryl methyl sites for hydroxylation is 1. The zero-order valence-corrected chi connectivity index (χ0v) is 22.6. The molecule has 5 rings (SSSR count). The second-order valence-corrected chi connectivity index (χ2v) is 10.0. The zero-order valence-electron chi connectivity index (χ0n) is 22.6. The van der Waals surface area contributed by atoms with E-state index >= 15 is 0 Å². The minimum atomic E-state index is -2.80. The molecular weight excluding hydrogens is 516 g/mol. The van der Waals surface area contributed by atoms with Crippen LogP contribution in [0, 0.1) is 6.92 Å². The Kier molecular flexibility index (Phi) is 7.51. The van der Waals surface area contributed by atoms with Crippen LogP contribution in [0.25, 0.3) is 16.9 Å². The van der Waals surface area contributed by atoms with Crippen molar-refractivity contribution in [2.24, 2.45) is 0 Å². The first-order valence-corrected chi connectivity index (χ1v) is 13.3. The van der Waals surface area contributed by atoms with Crippen LogP contribution in [0.15, 0.2) is 54.7 Å². The Morgan fingerprint density at radius 1 is 1.12 bits per heavy atom. The van der Waals surface area contributed by atoms with Crippen molar-refractivity contribution < 1.29 is 23.1 Å². The number of fused-ring (bicyclic) bond motifs is 1. The summed E-state index contributed by atoms with van der Waals surface area (Å²) in [6.07, 6.45) is 3.00. The Balaban J connectivity index is 1.53. The lowest BCUT2D eigenvalue weighted by molar-refractivity contribution is -0.00781. The lowest BCUT2D eigenvalue weighted by Crippen LogP contribution is -2.26. The number of methoxy groups -OCH3 is 1. The fourth-order valence-electron chi connectivity index (χ4n) is 4.42. The van der Waals surface area contributed by atoms with Crippen molar-refractivity contribution in [3.05, 3.63) is 77.1 Å². The van der Waals surface area contributed by atoms with E-state index in [0.29, 0.717) is 33.9 Å². The second-order valence-electron chi connectivity index (χ2n) is 10.0. The van der Waals surface area contributed by atoms with Crippen LogP contribution in [0.1, 0.15) is 64.6 Å². The molecular formula is C30H31F2N5O3. The third-order valence-corrected chi connectivity index (χ3v) is 7.06. The zero-order chi connectivity index (χ0) is 28.4. The van der Waals surface area contributed by atoms with E-state index in [2.05, 4.69) is 20.7 Å². The SMILES string of the molecule is CCC(F)(F)CCNc1cc(C(=O)c2ccc(OC)cc2)nn2c(-c3ccc(C(=O)NC4CC4)c(C)c3)cnc12. The summed E-state index contributed by atoms with van der Waals surface area (Å²) in [7, 11) is 1.54. The number of halogens is 2. The van der Waals surface area contributed by atoms with Crippen LogP contribution in [0.2, 0.25) is 0 Å². The first kappa shape index (κ1) is 27.2. The molecule has 0 aliphatic heterocycles. The summed E-state index contributed by atoms with van der Waals surface area (Å²) in [6, 6.07) is 13.9. The van der Waals surface area contributed by atoms with Crippen molar-refractivity contribution >= 4 is 23.0 Å². The van der Waals surface area contributed by atoms with Gasteiger partial charge >= 0.3 is 0 Å². The lowest BCUT2D eigenvalue weighted by atomic mass is 10.0. The van der Waals surface area contributed by atoms with Crippen LogP contribution in [0.4, 0.5) is 14.5 Å². The Labute approximate surface area is 230 Å². The average Bonchev–Trinajstić information content (AvgIpc) is 3.66. The molecule has 0 saturated heterocycles. The average molecular weight is 548 g/mol. The number of carbonyl (C=O) groups excluding carboxylic acids is 2. The van der Waals surface area contributed by atoms with E-state index in [4.69, 9.17) is 4.74 Å². The van der Waals surface area contributed by atoms with Crippen molar-refractivity contribution in [1.82, 2.24) is 19.9 Å². The largest absolute Gasteiger partial charge is 0.497 e. The van der Waals surface area contributed by atoms with Gasteiger partial charge in [-0.1, -0.05) is 13.0 Å². The third-order valence-electron chi connectivity index (χ3n) is 7.06. The molecule has 1 amide bonds. The maximum absolute atomic E-state index is 13.9. The Morgan fingerprint density at radius 3 is 2.52 bits per heavy atom. The van der Waals surface area contributed by atoms with Gasteiger partial charge in [0.2, 0.25) is 11.7 Å². The fraction of sp³-hybridized carbons (Fsp3) is 0.333. The van der Waals surface area contributed by atoms with E-state index < -0.39 is 5.92 Å². The molecule has 4 aromatic rings. The van der Waals surface area contributed by atoms with Gasteiger partial charge in [-0.2, -0.15) is 5.10 Å². The molecule has 1 aliphatic carbocycles. The van der Waals surface area contributed by atoms with Gasteiger partial charge in [0, 0.05) is 42.1 Å². The highest BCUT2D eigenvalue weighted by Crippen LogP contribution is 2.29. The number of carbonyl (C=O) groups is 2. The van der Waals surface area contributed by atoms with Gasteiger partial charge in [-0.3, -0.25) is 9.59 Å². The maximum atomic E-state index is 13.9. The minimum Gasteiger partial charge on any atom is -0.497 e. The van der Waals surface area contributed by atoms with Crippen LogP contribution in [0.5, 0.6) is 5.75 Å². The summed E-state index contributed by atoms with van der Waals surface area (Å²) < 4.78 is 34.6. The van der Waals surface area contributed by atoms with Crippen molar-refractivity contribution in [2.75, 3.05) is 19.0 Å². The highest BCUT2D eigenvalue weighted by atomic mass is 19.3. The van der Waals surface area contributed by atoms with Crippen molar-refractivity contribution in [1.29, 1.82) is 0 Å². The minimum absolute atomic E-state index is 0.0111. The number of rotatable bonds is 11. The molecule has 1 fully saturated rings. The molecule has 0 bridgehead atoms. The van der Waals surface area contributed by atoms with E-state index in [1.165, 1.54) is 11.4 Å². The Hall–Kier alpha value is -4.34. The molecule has 2 heterocycles. The molecule has 8 nitrogen and oxygen atoms in total. The van der Waals surface area contributed by atoms with Crippen molar-refractivity contribution in [3.63, 3.8) is 0 Å². The number of nitrogens with zero attached hydrogens (tertiary/aromatic N) is 3. The number of hydrogen-bond acceptors (Lipinski definition) is 6. The number of aromatic nitrogens is 3. The Bertz CT molecular complexity index is 1560. The molecule has 40 heavy (non-hydrogen) atoms. The summed E-state index contributed by atoms with van der Waals surface area (Å²) >= 11 is 0. The van der Waals surface area contributed by atoms with Crippen LogP contribution in [-0.2, 0) is 0 Å². The molecule has 2 N–H and O–H groups in total. The lowest BCUT2D eigenvalue weighted by Gasteiger charge is -2.15. The summed E-state index contributed by atoms with van der Waals surface area (Å²) in [5, 5.41) is 10.6. The van der Waals surface area contributed by atoms with Crippen molar-refractivity contribution in [3.8, 4) is 17.0 Å². The number of imidazole rings is 1. The van der Waals surface area contributed by atoms with Gasteiger partial charge < -0.3 is 15.4 Å². The molecule has 1 saturated carbocycles. The van der Waals surface area contributed by atoms with Crippen LogP contribution in [-0.4, -0.2) is 51.9 Å². The summed E-state index contributed by atoms with van der Waals surface area (Å²) in [5.74, 6) is -2.63. The van der Waals surface area contributed by atoms with Gasteiger partial charge in [0.15, 0.2) is 5.65 Å². The van der Waals surface area contributed by atoms with Crippen LogP contribution in [0.3, 0.4) is 0 Å². The molecule has 2 aromatic carbocycles. The number of benzene rings is 2. The maximum Gasteiger partial charge on any atom is 0.251 e. The molecule has 1 aliphatic rings. The third kappa shape index (κ3) is 5.80. The number of alkyl halides is 2. The van der Waals surface area contributed by atoms with Gasteiger partial charge in [0.25, 0.3) is 5.91 Å². The molecule has 0 spiro atoms. The molecule has 208 valence electrons. The summed E-state index contributed by atoms with van der Waals surface area (Å²) in [5.41, 5.74) is 4.06. The summed E-state index contributed by atoms with van der Waals surface area (Å²) in [4.78, 5) is 30.5. The number of nitrogens with one attached hydrogen (secondary N) is 2. The monoisotopic (exact) mass is 547 g/mol. The highest BCUT2D eigenvalue weighted by Gasteiger charge is 2.26. The highest BCUT2D eigenvalue weighted by molar-refractivity contribution is 6.08. The molecule has 0 radical (unpaired) electrons. The Morgan fingerprint density at radius 2 is 1.88 bits per heavy atom. The van der Waals surface area contributed by atoms with Crippen LogP contribution >= 0.6 is 0 Å².